The maximum atomic E-state index is 13.3. The van der Waals surface area contributed by atoms with Gasteiger partial charge < -0.3 is 29.9 Å². The molecule has 2 rings (SSSR count). The molecule has 3 atom stereocenters. The van der Waals surface area contributed by atoms with Crippen molar-refractivity contribution in [3.63, 3.8) is 0 Å². The minimum Gasteiger partial charge on any atom is -0.493 e. The number of hydrogen-bond donors (Lipinski definition) is 3. The minimum atomic E-state index is -4.75. The Labute approximate surface area is 213 Å². The van der Waals surface area contributed by atoms with E-state index in [9.17, 15) is 32.7 Å². The van der Waals surface area contributed by atoms with E-state index in [1.54, 1.807) is 0 Å². The summed E-state index contributed by atoms with van der Waals surface area (Å²) < 4.78 is 51.5. The third-order valence-electron chi connectivity index (χ3n) is 5.23. The average Bonchev–Trinajstić information content (AvgIpc) is 2.81. The van der Waals surface area contributed by atoms with Crippen molar-refractivity contribution in [3.05, 3.63) is 32.9 Å². The van der Waals surface area contributed by atoms with Gasteiger partial charge in [0.05, 0.1) is 23.3 Å². The number of rotatable bonds is 10. The number of carbonyl (C=O) groups excluding carboxylic acids is 3. The fourth-order valence-electron chi connectivity index (χ4n) is 3.62. The number of aliphatic hydroxyl groups is 2. The van der Waals surface area contributed by atoms with E-state index in [1.165, 1.54) is 32.2 Å². The van der Waals surface area contributed by atoms with Crippen LogP contribution in [0.5, 0.6) is 11.5 Å². The van der Waals surface area contributed by atoms with Crippen molar-refractivity contribution in [2.45, 2.75) is 44.2 Å². The summed E-state index contributed by atoms with van der Waals surface area (Å²) in [5.74, 6) is -1.31. The molecule has 0 saturated carbocycles. The molecule has 0 aliphatic heterocycles. The molecule has 1 aromatic carbocycles. The summed E-state index contributed by atoms with van der Waals surface area (Å²) in [5, 5.41) is 22.4. The molecular weight excluding hydrogens is 588 g/mol. The molecule has 13 heteroatoms. The van der Waals surface area contributed by atoms with Gasteiger partial charge in [0.1, 0.15) is 25.0 Å². The second kappa shape index (κ2) is 12.5. The smallest absolute Gasteiger partial charge is 0.406 e. The third-order valence-corrected chi connectivity index (χ3v) is 6.03. The Bertz CT molecular complexity index is 971. The number of nitrogens with zero attached hydrogens (tertiary/aromatic N) is 1. The van der Waals surface area contributed by atoms with E-state index < -0.39 is 42.8 Å². The normalized spacial score (nSPS) is 20.0. The van der Waals surface area contributed by atoms with Crippen molar-refractivity contribution in [2.75, 3.05) is 26.8 Å². The molecule has 3 N–H and O–H groups in total. The first-order chi connectivity index (χ1) is 16.4. The predicted molar refractivity (Wildman–Crippen MR) is 126 cm³/mol. The van der Waals surface area contributed by atoms with Crippen LogP contribution in [0.3, 0.4) is 0 Å². The van der Waals surface area contributed by atoms with Gasteiger partial charge in [-0.05, 0) is 40.8 Å². The molecule has 1 aliphatic carbocycles. The van der Waals surface area contributed by atoms with Crippen LogP contribution in [-0.2, 0) is 9.59 Å². The van der Waals surface area contributed by atoms with Gasteiger partial charge in [-0.2, -0.15) is 13.2 Å². The summed E-state index contributed by atoms with van der Waals surface area (Å²) in [6.07, 6.45) is -6.47. The van der Waals surface area contributed by atoms with Crippen molar-refractivity contribution >= 4 is 40.7 Å². The fourth-order valence-corrected chi connectivity index (χ4v) is 4.38. The van der Waals surface area contributed by atoms with Crippen molar-refractivity contribution in [1.29, 1.82) is 0 Å². The van der Waals surface area contributed by atoms with Crippen LogP contribution >= 0.6 is 22.6 Å². The molecule has 1 aromatic rings. The van der Waals surface area contributed by atoms with E-state index in [0.717, 1.165) is 0 Å². The van der Waals surface area contributed by atoms with Gasteiger partial charge in [0.2, 0.25) is 11.8 Å². The predicted octanol–water partition coefficient (Wildman–Crippen LogP) is 1.83. The summed E-state index contributed by atoms with van der Waals surface area (Å²) in [6.45, 7) is -0.693. The van der Waals surface area contributed by atoms with E-state index in [0.29, 0.717) is 14.8 Å². The van der Waals surface area contributed by atoms with Crippen LogP contribution in [0.15, 0.2) is 23.8 Å². The van der Waals surface area contributed by atoms with Crippen molar-refractivity contribution < 1.29 is 47.2 Å². The Morgan fingerprint density at radius 3 is 2.57 bits per heavy atom. The molecular formula is C22H26F3IN2O7. The second-order valence-electron chi connectivity index (χ2n) is 7.66. The van der Waals surface area contributed by atoms with Crippen LogP contribution in [0.1, 0.15) is 30.1 Å². The molecule has 0 unspecified atom stereocenters. The zero-order valence-electron chi connectivity index (χ0n) is 19.0. The highest BCUT2D eigenvalue weighted by atomic mass is 127. The number of methoxy groups -OCH3 is 1. The number of aliphatic hydroxyl groups excluding tert-OH is 2. The van der Waals surface area contributed by atoms with Crippen LogP contribution in [0.2, 0.25) is 0 Å². The van der Waals surface area contributed by atoms with Gasteiger partial charge in [-0.15, -0.1) is 0 Å². The number of carbonyl (C=O) groups is 3. The van der Waals surface area contributed by atoms with E-state index in [2.05, 4.69) is 5.32 Å². The molecule has 0 saturated heterocycles. The second-order valence-corrected chi connectivity index (χ2v) is 8.82. The number of nitrogens with one attached hydrogen (secondary N) is 1. The molecule has 35 heavy (non-hydrogen) atoms. The molecule has 2 amide bonds. The highest BCUT2D eigenvalue weighted by Crippen LogP contribution is 2.37. The molecule has 194 valence electrons. The summed E-state index contributed by atoms with van der Waals surface area (Å²) >= 11 is 1.87. The number of aldehydes is 1. The van der Waals surface area contributed by atoms with Gasteiger partial charge in [0, 0.05) is 30.5 Å². The SMILES string of the molecule is CCC(=O)N(CC(F)(F)F)[C@@H]1CC(C(=O)NCCO)=C[C@H](Oc2c(I)cc(C=O)cc2OC)[C@H]1O. The number of ether oxygens (including phenoxy) is 2. The monoisotopic (exact) mass is 614 g/mol. The van der Waals surface area contributed by atoms with E-state index in [1.807, 2.05) is 22.6 Å². The fraction of sp³-hybridized carbons (Fsp3) is 0.500. The van der Waals surface area contributed by atoms with Crippen LogP contribution in [-0.4, -0.2) is 84.4 Å². The van der Waals surface area contributed by atoms with Crippen LogP contribution in [0.4, 0.5) is 13.2 Å². The van der Waals surface area contributed by atoms with Gasteiger partial charge >= 0.3 is 6.18 Å². The molecule has 0 heterocycles. The van der Waals surface area contributed by atoms with Gasteiger partial charge in [0.25, 0.3) is 0 Å². The largest absolute Gasteiger partial charge is 0.493 e. The Balaban J connectivity index is 2.53. The van der Waals surface area contributed by atoms with Crippen LogP contribution in [0.25, 0.3) is 0 Å². The van der Waals surface area contributed by atoms with E-state index in [-0.39, 0.29) is 48.6 Å². The molecule has 0 fully saturated rings. The van der Waals surface area contributed by atoms with Crippen LogP contribution in [0, 0.1) is 3.57 Å². The number of amides is 2. The van der Waals surface area contributed by atoms with Gasteiger partial charge in [-0.3, -0.25) is 14.4 Å². The van der Waals surface area contributed by atoms with Crippen LogP contribution < -0.4 is 14.8 Å². The Hall–Kier alpha value is -2.39. The maximum Gasteiger partial charge on any atom is 0.406 e. The first-order valence-corrected chi connectivity index (χ1v) is 11.7. The van der Waals surface area contributed by atoms with Gasteiger partial charge in [-0.1, -0.05) is 6.92 Å². The Morgan fingerprint density at radius 1 is 1.34 bits per heavy atom. The lowest BCUT2D eigenvalue weighted by molar-refractivity contribution is -0.172. The lowest BCUT2D eigenvalue weighted by Crippen LogP contribution is -2.57. The molecule has 0 radical (unpaired) electrons. The number of hydrogen-bond acceptors (Lipinski definition) is 7. The van der Waals surface area contributed by atoms with Gasteiger partial charge in [0.15, 0.2) is 11.5 Å². The van der Waals surface area contributed by atoms with Gasteiger partial charge in [-0.25, -0.2) is 0 Å². The topological polar surface area (TPSA) is 125 Å². The van der Waals surface area contributed by atoms with Crippen molar-refractivity contribution in [2.24, 2.45) is 0 Å². The number of alkyl halides is 3. The van der Waals surface area contributed by atoms with Crippen molar-refractivity contribution in [3.8, 4) is 11.5 Å². The zero-order valence-corrected chi connectivity index (χ0v) is 21.1. The number of benzene rings is 1. The number of halogens is 4. The standard InChI is InChI=1S/C22H26F3IN2O7/c1-3-18(31)28(11-22(23,24)25)15-8-13(21(33)27-4-5-29)9-16(19(15)32)35-20-14(26)6-12(10-30)7-17(20)34-2/h6-7,9-10,15-16,19,29,32H,3-5,8,11H2,1-2H3,(H,27,33)/t15-,16+,19+/m1/s1. The first kappa shape index (κ1) is 28.8. The zero-order chi connectivity index (χ0) is 26.3. The van der Waals surface area contributed by atoms with Crippen molar-refractivity contribution in [1.82, 2.24) is 10.2 Å². The first-order valence-electron chi connectivity index (χ1n) is 10.6. The summed E-state index contributed by atoms with van der Waals surface area (Å²) in [7, 11) is 1.32. The summed E-state index contributed by atoms with van der Waals surface area (Å²) in [6, 6.07) is 1.44. The minimum absolute atomic E-state index is 0.0201. The maximum absolute atomic E-state index is 13.3. The molecule has 9 nitrogen and oxygen atoms in total. The summed E-state index contributed by atoms with van der Waals surface area (Å²) in [4.78, 5) is 36.7. The Morgan fingerprint density at radius 2 is 2.03 bits per heavy atom. The lowest BCUT2D eigenvalue weighted by atomic mass is 9.88. The lowest BCUT2D eigenvalue weighted by Gasteiger charge is -2.40. The van der Waals surface area contributed by atoms with E-state index >= 15 is 0 Å². The molecule has 0 spiro atoms. The quantitative estimate of drug-likeness (QED) is 0.272. The Kier molecular flexibility index (Phi) is 10.3. The average molecular weight is 614 g/mol. The van der Waals surface area contributed by atoms with E-state index in [4.69, 9.17) is 14.6 Å². The highest BCUT2D eigenvalue weighted by molar-refractivity contribution is 14.1. The molecule has 1 aliphatic rings. The molecule has 0 aromatic heterocycles. The third kappa shape index (κ3) is 7.54. The molecule has 0 bridgehead atoms. The highest BCUT2D eigenvalue weighted by Gasteiger charge is 2.44. The summed E-state index contributed by atoms with van der Waals surface area (Å²) in [5.41, 5.74) is 0.262.